The van der Waals surface area contributed by atoms with Crippen LogP contribution in [-0.4, -0.2) is 22.5 Å². The maximum absolute atomic E-state index is 11.9. The van der Waals surface area contributed by atoms with Crippen molar-refractivity contribution < 1.29 is 9.53 Å². The van der Waals surface area contributed by atoms with E-state index in [0.29, 0.717) is 23.3 Å². The third-order valence-corrected chi connectivity index (χ3v) is 4.45. The Morgan fingerprint density at radius 1 is 1.24 bits per heavy atom. The number of hydrogen-bond acceptors (Lipinski definition) is 5. The van der Waals surface area contributed by atoms with Crippen molar-refractivity contribution in [3.8, 4) is 17.3 Å². The van der Waals surface area contributed by atoms with Crippen molar-refractivity contribution >= 4 is 28.8 Å². The van der Waals surface area contributed by atoms with E-state index in [9.17, 15) is 4.79 Å². The zero-order valence-electron chi connectivity index (χ0n) is 13.5. The van der Waals surface area contributed by atoms with Crippen molar-refractivity contribution in [1.82, 2.24) is 15.3 Å². The number of amides is 1. The summed E-state index contributed by atoms with van der Waals surface area (Å²) >= 11 is 7.50. The third-order valence-electron chi connectivity index (χ3n) is 3.32. The molecule has 128 valence electrons. The summed E-state index contributed by atoms with van der Waals surface area (Å²) in [5.41, 5.74) is 1.59. The van der Waals surface area contributed by atoms with Crippen molar-refractivity contribution in [2.24, 2.45) is 0 Å². The molecule has 0 radical (unpaired) electrons. The van der Waals surface area contributed by atoms with Crippen LogP contribution in [0, 0.1) is 6.92 Å². The zero-order chi connectivity index (χ0) is 17.6. The number of aromatic nitrogens is 2. The minimum atomic E-state index is -0.197. The van der Waals surface area contributed by atoms with Crippen LogP contribution >= 0.6 is 22.9 Å². The van der Waals surface area contributed by atoms with Crippen LogP contribution in [0.15, 0.2) is 47.8 Å². The molecule has 2 aromatic heterocycles. The average Bonchev–Trinajstić information content (AvgIpc) is 3.12. The molecule has 2 heterocycles. The molecule has 5 nitrogen and oxygen atoms in total. The molecule has 0 fully saturated rings. The molecule has 1 aromatic carbocycles. The lowest BCUT2D eigenvalue weighted by atomic mass is 10.2. The second-order valence-electron chi connectivity index (χ2n) is 5.32. The van der Waals surface area contributed by atoms with Crippen molar-refractivity contribution in [2.45, 2.75) is 13.5 Å². The highest BCUT2D eigenvalue weighted by atomic mass is 35.5. The Hall–Kier alpha value is -2.44. The molecule has 0 aliphatic rings. The van der Waals surface area contributed by atoms with E-state index >= 15 is 0 Å². The highest BCUT2D eigenvalue weighted by Gasteiger charge is 2.08. The number of hydrogen-bond donors (Lipinski definition) is 1. The van der Waals surface area contributed by atoms with Gasteiger partial charge in [-0.1, -0.05) is 17.7 Å². The van der Waals surface area contributed by atoms with Crippen LogP contribution in [0.3, 0.4) is 0 Å². The van der Waals surface area contributed by atoms with Crippen molar-refractivity contribution in [1.29, 1.82) is 0 Å². The summed E-state index contributed by atoms with van der Waals surface area (Å²) in [5.74, 6) is 0.701. The topological polar surface area (TPSA) is 64.1 Å². The fourth-order valence-electron chi connectivity index (χ4n) is 2.13. The van der Waals surface area contributed by atoms with Crippen molar-refractivity contribution in [2.75, 3.05) is 6.61 Å². The summed E-state index contributed by atoms with van der Waals surface area (Å²) in [6.45, 7) is 2.26. The summed E-state index contributed by atoms with van der Waals surface area (Å²) in [7, 11) is 0. The van der Waals surface area contributed by atoms with Crippen molar-refractivity contribution in [3.05, 3.63) is 63.4 Å². The van der Waals surface area contributed by atoms with Gasteiger partial charge in [-0.2, -0.15) is 4.98 Å². The van der Waals surface area contributed by atoms with E-state index in [-0.39, 0.29) is 12.5 Å². The Bertz CT molecular complexity index is 851. The number of rotatable bonds is 6. The zero-order valence-corrected chi connectivity index (χ0v) is 15.1. The van der Waals surface area contributed by atoms with Crippen molar-refractivity contribution in [3.63, 3.8) is 0 Å². The Morgan fingerprint density at radius 2 is 2.04 bits per heavy atom. The summed E-state index contributed by atoms with van der Waals surface area (Å²) in [4.78, 5) is 21.8. The second kappa shape index (κ2) is 8.09. The lowest BCUT2D eigenvalue weighted by molar-refractivity contribution is -0.123. The van der Waals surface area contributed by atoms with E-state index in [1.807, 2.05) is 36.6 Å². The van der Waals surface area contributed by atoms with Crippen LogP contribution in [0.1, 0.15) is 10.6 Å². The van der Waals surface area contributed by atoms with Gasteiger partial charge < -0.3 is 10.1 Å². The molecular weight excluding hydrogens is 358 g/mol. The molecule has 0 atom stereocenters. The van der Waals surface area contributed by atoms with Gasteiger partial charge in [0, 0.05) is 27.2 Å². The minimum Gasteiger partial charge on any atom is -0.467 e. The molecule has 1 N–H and O–H groups in total. The maximum atomic E-state index is 11.9. The number of nitrogens with zero attached hydrogens (tertiary/aromatic N) is 2. The molecule has 0 spiro atoms. The average molecular weight is 374 g/mol. The SMILES string of the molecule is Cc1cc(OCC(=O)NCc2cccs2)nc(-c2ccc(Cl)cc2)n1. The first-order valence-electron chi connectivity index (χ1n) is 7.63. The Balaban J connectivity index is 1.62. The number of ether oxygens (including phenoxy) is 1. The first-order chi connectivity index (χ1) is 12.1. The molecule has 0 saturated heterocycles. The predicted molar refractivity (Wildman–Crippen MR) is 98.9 cm³/mol. The number of thiophene rings is 1. The fourth-order valence-corrected chi connectivity index (χ4v) is 2.90. The third kappa shape index (κ3) is 5.01. The maximum Gasteiger partial charge on any atom is 0.258 e. The van der Waals surface area contributed by atoms with Crippen LogP contribution in [0.2, 0.25) is 5.02 Å². The quantitative estimate of drug-likeness (QED) is 0.712. The minimum absolute atomic E-state index is 0.0954. The smallest absolute Gasteiger partial charge is 0.258 e. The summed E-state index contributed by atoms with van der Waals surface area (Å²) in [5, 5.41) is 5.43. The van der Waals surface area contributed by atoms with E-state index in [4.69, 9.17) is 16.3 Å². The monoisotopic (exact) mass is 373 g/mol. The molecule has 1 amide bonds. The van der Waals surface area contributed by atoms with Gasteiger partial charge in [0.1, 0.15) is 0 Å². The first-order valence-corrected chi connectivity index (χ1v) is 8.89. The number of carbonyl (C=O) groups is 1. The molecule has 0 bridgehead atoms. The molecule has 0 aliphatic heterocycles. The van der Waals surface area contributed by atoms with Gasteiger partial charge in [0.2, 0.25) is 5.88 Å². The molecule has 3 aromatic rings. The Morgan fingerprint density at radius 3 is 2.76 bits per heavy atom. The molecule has 25 heavy (non-hydrogen) atoms. The van der Waals surface area contributed by atoms with Gasteiger partial charge in [0.15, 0.2) is 12.4 Å². The van der Waals surface area contributed by atoms with Crippen LogP contribution in [0.5, 0.6) is 5.88 Å². The van der Waals surface area contributed by atoms with E-state index in [0.717, 1.165) is 16.1 Å². The molecule has 3 rings (SSSR count). The molecule has 0 unspecified atom stereocenters. The highest BCUT2D eigenvalue weighted by Crippen LogP contribution is 2.21. The van der Waals surface area contributed by atoms with E-state index in [1.54, 1.807) is 29.5 Å². The van der Waals surface area contributed by atoms with Crippen LogP contribution in [-0.2, 0) is 11.3 Å². The molecule has 0 aliphatic carbocycles. The number of halogens is 1. The Kier molecular flexibility index (Phi) is 5.63. The van der Waals surface area contributed by atoms with Gasteiger partial charge in [0.05, 0.1) is 6.54 Å². The van der Waals surface area contributed by atoms with Crippen LogP contribution in [0.4, 0.5) is 0 Å². The fraction of sp³-hybridized carbons (Fsp3) is 0.167. The van der Waals surface area contributed by atoms with E-state index < -0.39 is 0 Å². The predicted octanol–water partition coefficient (Wildman–Crippen LogP) is 3.86. The van der Waals surface area contributed by atoms with Gasteiger partial charge in [-0.25, -0.2) is 4.98 Å². The van der Waals surface area contributed by atoms with Gasteiger partial charge in [-0.05, 0) is 42.6 Å². The largest absolute Gasteiger partial charge is 0.467 e. The number of carbonyl (C=O) groups excluding carboxylic acids is 1. The normalized spacial score (nSPS) is 10.5. The second-order valence-corrected chi connectivity index (χ2v) is 6.79. The van der Waals surface area contributed by atoms with Gasteiger partial charge in [-0.15, -0.1) is 11.3 Å². The first kappa shape index (κ1) is 17.4. The lowest BCUT2D eigenvalue weighted by Crippen LogP contribution is -2.28. The van der Waals surface area contributed by atoms with Gasteiger partial charge >= 0.3 is 0 Å². The standard InChI is InChI=1S/C18H16ClN3O2S/c1-12-9-17(22-18(21-12)13-4-6-14(19)7-5-13)24-11-16(23)20-10-15-3-2-8-25-15/h2-9H,10-11H2,1H3,(H,20,23). The molecular formula is C18H16ClN3O2S. The molecule has 7 heteroatoms. The van der Waals surface area contributed by atoms with Crippen LogP contribution < -0.4 is 10.1 Å². The Labute approximate surface area is 154 Å². The summed E-state index contributed by atoms with van der Waals surface area (Å²) in [6, 6.07) is 12.9. The number of benzene rings is 1. The number of aryl methyl sites for hydroxylation is 1. The summed E-state index contributed by atoms with van der Waals surface area (Å²) < 4.78 is 5.52. The van der Waals surface area contributed by atoms with Gasteiger partial charge in [0.25, 0.3) is 5.91 Å². The highest BCUT2D eigenvalue weighted by molar-refractivity contribution is 7.09. The van der Waals surface area contributed by atoms with E-state index in [1.165, 1.54) is 0 Å². The number of nitrogens with one attached hydrogen (secondary N) is 1. The lowest BCUT2D eigenvalue weighted by Gasteiger charge is -2.08. The summed E-state index contributed by atoms with van der Waals surface area (Å²) in [6.07, 6.45) is 0. The molecule has 0 saturated carbocycles. The van der Waals surface area contributed by atoms with E-state index in [2.05, 4.69) is 15.3 Å². The van der Waals surface area contributed by atoms with Gasteiger partial charge in [-0.3, -0.25) is 4.79 Å². The van der Waals surface area contributed by atoms with Crippen LogP contribution in [0.25, 0.3) is 11.4 Å².